The highest BCUT2D eigenvalue weighted by Gasteiger charge is 2.02. The van der Waals surface area contributed by atoms with Crippen LogP contribution in [0.25, 0.3) is 0 Å². The molecular weight excluding hydrogens is 323 g/mol. The van der Waals surface area contributed by atoms with Gasteiger partial charge in [-0.3, -0.25) is 0 Å². The summed E-state index contributed by atoms with van der Waals surface area (Å²) in [7, 11) is 2.65. The van der Waals surface area contributed by atoms with Crippen LogP contribution in [-0.4, -0.2) is 4.37 Å². The third-order valence-corrected chi connectivity index (χ3v) is 4.35. The minimum absolute atomic E-state index is 0.306. The molecule has 0 unspecified atom stereocenters. The fraction of sp³-hybridized carbons (Fsp3) is 0. The molecular formula is C8H3BrClFN2S2. The molecule has 0 atom stereocenters. The molecule has 0 spiro atoms. The Morgan fingerprint density at radius 3 is 2.87 bits per heavy atom. The molecule has 0 radical (unpaired) electrons. The van der Waals surface area contributed by atoms with E-state index in [1.165, 1.54) is 33.0 Å². The third-order valence-electron chi connectivity index (χ3n) is 1.54. The predicted molar refractivity (Wildman–Crippen MR) is 64.3 cm³/mol. The van der Waals surface area contributed by atoms with Gasteiger partial charge < -0.3 is 0 Å². The van der Waals surface area contributed by atoms with E-state index in [2.05, 4.69) is 25.3 Å². The van der Waals surface area contributed by atoms with E-state index in [1.54, 1.807) is 6.07 Å². The van der Waals surface area contributed by atoms with Crippen molar-refractivity contribution in [2.45, 2.75) is 0 Å². The zero-order valence-corrected chi connectivity index (χ0v) is 11.1. The molecule has 15 heavy (non-hydrogen) atoms. The van der Waals surface area contributed by atoms with Crippen LogP contribution in [-0.2, 0) is 0 Å². The standard InChI is InChI=1S/C8H3BrClFN2S2/c9-5-3-4(11)1-2-6(5)12-8-7(10)13-15-14-8/h1-3H/b12-8-. The Kier molecular flexibility index (Phi) is 3.50. The maximum Gasteiger partial charge on any atom is 0.179 e. The van der Waals surface area contributed by atoms with Crippen molar-refractivity contribution in [3.05, 3.63) is 38.3 Å². The number of hydrogen-bond acceptors (Lipinski definition) is 4. The van der Waals surface area contributed by atoms with Crippen molar-refractivity contribution in [1.82, 2.24) is 4.37 Å². The molecule has 0 aliphatic carbocycles. The van der Waals surface area contributed by atoms with Crippen molar-refractivity contribution >= 4 is 54.1 Å². The van der Waals surface area contributed by atoms with Gasteiger partial charge >= 0.3 is 0 Å². The van der Waals surface area contributed by atoms with Gasteiger partial charge in [0.1, 0.15) is 5.82 Å². The topological polar surface area (TPSA) is 25.2 Å². The van der Waals surface area contributed by atoms with Gasteiger partial charge in [0.25, 0.3) is 0 Å². The van der Waals surface area contributed by atoms with Crippen LogP contribution in [0.3, 0.4) is 0 Å². The Labute approximate surface area is 106 Å². The molecule has 2 rings (SSSR count). The van der Waals surface area contributed by atoms with Gasteiger partial charge in [0.05, 0.1) is 5.69 Å². The second-order valence-electron chi connectivity index (χ2n) is 2.55. The average Bonchev–Trinajstić information content (AvgIpc) is 2.57. The predicted octanol–water partition coefficient (Wildman–Crippen LogP) is 3.99. The largest absolute Gasteiger partial charge is 0.233 e. The third kappa shape index (κ3) is 2.63. The molecule has 0 N–H and O–H groups in total. The van der Waals surface area contributed by atoms with Gasteiger partial charge in [-0.1, -0.05) is 11.6 Å². The van der Waals surface area contributed by atoms with E-state index in [4.69, 9.17) is 11.6 Å². The van der Waals surface area contributed by atoms with E-state index in [1.807, 2.05) is 0 Å². The van der Waals surface area contributed by atoms with E-state index < -0.39 is 0 Å². The lowest BCUT2D eigenvalue weighted by Gasteiger charge is -1.96. The van der Waals surface area contributed by atoms with Crippen LogP contribution in [0.15, 0.2) is 27.7 Å². The molecule has 1 heterocycles. The summed E-state index contributed by atoms with van der Waals surface area (Å²) < 4.78 is 17.9. The lowest BCUT2D eigenvalue weighted by atomic mass is 10.3. The van der Waals surface area contributed by atoms with Crippen molar-refractivity contribution in [2.75, 3.05) is 0 Å². The van der Waals surface area contributed by atoms with Crippen molar-refractivity contribution in [1.29, 1.82) is 0 Å². The Balaban J connectivity index is 2.53. The maximum absolute atomic E-state index is 12.8. The monoisotopic (exact) mass is 324 g/mol. The number of aromatic nitrogens is 1. The summed E-state index contributed by atoms with van der Waals surface area (Å²) in [6, 6.07) is 4.29. The lowest BCUT2D eigenvalue weighted by molar-refractivity contribution is 0.627. The minimum Gasteiger partial charge on any atom is -0.233 e. The average molecular weight is 326 g/mol. The van der Waals surface area contributed by atoms with Crippen LogP contribution in [0.2, 0.25) is 5.15 Å². The summed E-state index contributed by atoms with van der Waals surface area (Å²) >= 11 is 9.03. The Morgan fingerprint density at radius 2 is 2.27 bits per heavy atom. The van der Waals surface area contributed by atoms with Gasteiger partial charge in [0.15, 0.2) is 9.82 Å². The number of hydrogen-bond donors (Lipinski definition) is 0. The molecule has 7 heteroatoms. The van der Waals surface area contributed by atoms with Crippen LogP contribution in [0.4, 0.5) is 10.1 Å². The van der Waals surface area contributed by atoms with Gasteiger partial charge in [-0.15, -0.1) is 0 Å². The fourth-order valence-electron chi connectivity index (χ4n) is 0.906. The second kappa shape index (κ2) is 4.69. The van der Waals surface area contributed by atoms with Crippen molar-refractivity contribution in [3.63, 3.8) is 0 Å². The summed E-state index contributed by atoms with van der Waals surface area (Å²) in [4.78, 5) is 4.26. The number of halogens is 3. The molecule has 0 fully saturated rings. The highest BCUT2D eigenvalue weighted by molar-refractivity contribution is 9.10. The smallest absolute Gasteiger partial charge is 0.179 e. The number of nitrogens with zero attached hydrogens (tertiary/aromatic N) is 2. The lowest BCUT2D eigenvalue weighted by Crippen LogP contribution is -1.92. The van der Waals surface area contributed by atoms with Crippen LogP contribution >= 0.6 is 48.4 Å². The Hall–Kier alpha value is -0.300. The van der Waals surface area contributed by atoms with E-state index in [-0.39, 0.29) is 5.82 Å². The Morgan fingerprint density at radius 1 is 1.47 bits per heavy atom. The van der Waals surface area contributed by atoms with Crippen molar-refractivity contribution in [2.24, 2.45) is 4.99 Å². The molecule has 0 aliphatic rings. The quantitative estimate of drug-likeness (QED) is 0.728. The first-order valence-corrected chi connectivity index (χ1v) is 7.06. The van der Waals surface area contributed by atoms with Gasteiger partial charge in [0.2, 0.25) is 0 Å². The van der Waals surface area contributed by atoms with Crippen molar-refractivity contribution in [3.8, 4) is 0 Å². The molecule has 0 bridgehead atoms. The van der Waals surface area contributed by atoms with E-state index in [0.29, 0.717) is 20.0 Å². The highest BCUT2D eigenvalue weighted by atomic mass is 79.9. The normalized spacial score (nSPS) is 12.1. The van der Waals surface area contributed by atoms with E-state index in [0.717, 1.165) is 0 Å². The van der Waals surface area contributed by atoms with Crippen LogP contribution < -0.4 is 4.67 Å². The van der Waals surface area contributed by atoms with Gasteiger partial charge in [-0.2, -0.15) is 4.37 Å². The van der Waals surface area contributed by atoms with Crippen molar-refractivity contribution < 1.29 is 4.39 Å². The molecule has 0 saturated carbocycles. The van der Waals surface area contributed by atoms with E-state index in [9.17, 15) is 4.39 Å². The van der Waals surface area contributed by atoms with Crippen LogP contribution in [0, 0.1) is 5.82 Å². The summed E-state index contributed by atoms with van der Waals surface area (Å²) in [5.41, 5.74) is 0.634. The molecule has 1 aromatic heterocycles. The zero-order chi connectivity index (χ0) is 10.8. The number of rotatable bonds is 1. The SMILES string of the molecule is Fc1ccc(/N=c2\ssnc2Cl)c(Br)c1. The van der Waals surface area contributed by atoms with Gasteiger partial charge in [0, 0.05) is 15.0 Å². The van der Waals surface area contributed by atoms with Crippen LogP contribution in [0.5, 0.6) is 0 Å². The molecule has 0 aliphatic heterocycles. The number of benzene rings is 1. The maximum atomic E-state index is 12.8. The summed E-state index contributed by atoms with van der Waals surface area (Å²) in [6.07, 6.45) is 0. The fourth-order valence-corrected chi connectivity index (χ4v) is 3.33. The molecule has 78 valence electrons. The van der Waals surface area contributed by atoms with Gasteiger partial charge in [-0.25, -0.2) is 9.38 Å². The summed E-state index contributed by atoms with van der Waals surface area (Å²) in [5, 5.41) is 0.376. The first kappa shape index (κ1) is 11.2. The molecule has 0 saturated heterocycles. The molecule has 2 nitrogen and oxygen atoms in total. The summed E-state index contributed by atoms with van der Waals surface area (Å²) in [6.45, 7) is 0. The zero-order valence-electron chi connectivity index (χ0n) is 7.08. The first-order valence-electron chi connectivity index (χ1n) is 3.78. The molecule has 2 aromatic rings. The van der Waals surface area contributed by atoms with E-state index >= 15 is 0 Å². The second-order valence-corrected chi connectivity index (χ2v) is 5.60. The first-order chi connectivity index (χ1) is 7.16. The van der Waals surface area contributed by atoms with Crippen LogP contribution in [0.1, 0.15) is 0 Å². The minimum atomic E-state index is -0.306. The molecule has 0 amide bonds. The van der Waals surface area contributed by atoms with Gasteiger partial charge in [-0.05, 0) is 44.5 Å². The highest BCUT2D eigenvalue weighted by Crippen LogP contribution is 2.25. The summed E-state index contributed by atoms with van der Waals surface area (Å²) in [5.74, 6) is -0.306. The molecule has 1 aromatic carbocycles. The Bertz CT molecular complexity index is 552.